The molecule has 0 unspecified atom stereocenters. The molecular weight excluding hydrogens is 418 g/mol. The van der Waals surface area contributed by atoms with Crippen LogP contribution in [-0.2, 0) is 6.61 Å². The number of rotatable bonds is 4. The average Bonchev–Trinajstić information content (AvgIpc) is 2.62. The first-order chi connectivity index (χ1) is 12.0. The summed E-state index contributed by atoms with van der Waals surface area (Å²) in [5.41, 5.74) is 2.03. The number of hydrogen-bond donors (Lipinski definition) is 0. The number of halogens is 2. The van der Waals surface area contributed by atoms with Crippen LogP contribution in [0.3, 0.4) is 0 Å². The van der Waals surface area contributed by atoms with Crippen LogP contribution in [-0.4, -0.2) is 23.0 Å². The molecule has 0 amide bonds. The van der Waals surface area contributed by atoms with E-state index in [0.717, 1.165) is 50.4 Å². The quantitative estimate of drug-likeness (QED) is 0.536. The van der Waals surface area contributed by atoms with Gasteiger partial charge in [-0.15, -0.1) is 0 Å². The molecule has 0 atom stereocenters. The van der Waals surface area contributed by atoms with E-state index >= 15 is 0 Å². The van der Waals surface area contributed by atoms with Crippen molar-refractivity contribution in [3.63, 3.8) is 0 Å². The van der Waals surface area contributed by atoms with Crippen LogP contribution in [0, 0.1) is 5.92 Å². The minimum atomic E-state index is 0.437. The van der Waals surface area contributed by atoms with Gasteiger partial charge in [0.1, 0.15) is 17.3 Å². The van der Waals surface area contributed by atoms with E-state index in [1.54, 1.807) is 0 Å². The molecule has 1 aliphatic heterocycles. The topological polar surface area (TPSA) is 12.5 Å². The predicted octanol–water partition coefficient (Wildman–Crippen LogP) is 6.09. The van der Waals surface area contributed by atoms with Gasteiger partial charge in [0.15, 0.2) is 0 Å². The highest BCUT2D eigenvalue weighted by atomic mass is 79.9. The lowest BCUT2D eigenvalue weighted by Gasteiger charge is -2.32. The van der Waals surface area contributed by atoms with Crippen LogP contribution in [0.1, 0.15) is 30.9 Å². The van der Waals surface area contributed by atoms with Gasteiger partial charge in [0.05, 0.1) is 4.47 Å². The molecule has 2 aromatic carbocycles. The van der Waals surface area contributed by atoms with E-state index < -0.39 is 0 Å². The van der Waals surface area contributed by atoms with Gasteiger partial charge in [-0.05, 0) is 59.0 Å². The Labute approximate surface area is 168 Å². The average molecular weight is 439 g/mol. The van der Waals surface area contributed by atoms with E-state index in [4.69, 9.17) is 28.6 Å². The van der Waals surface area contributed by atoms with Crippen molar-refractivity contribution in [3.8, 4) is 5.75 Å². The molecule has 2 aromatic rings. The van der Waals surface area contributed by atoms with Gasteiger partial charge in [-0.2, -0.15) is 0 Å². The summed E-state index contributed by atoms with van der Waals surface area (Å²) in [5.74, 6) is 1.59. The largest absolute Gasteiger partial charge is 0.488 e. The van der Waals surface area contributed by atoms with Crippen molar-refractivity contribution in [3.05, 3.63) is 63.1 Å². The van der Waals surface area contributed by atoms with Gasteiger partial charge in [-0.1, -0.05) is 48.9 Å². The van der Waals surface area contributed by atoms with Crippen molar-refractivity contribution in [1.29, 1.82) is 0 Å². The highest BCUT2D eigenvalue weighted by Gasteiger charge is 2.19. The summed E-state index contributed by atoms with van der Waals surface area (Å²) in [6.45, 7) is 4.83. The number of ether oxygens (including phenoxy) is 1. The van der Waals surface area contributed by atoms with Gasteiger partial charge in [-0.3, -0.25) is 0 Å². The molecule has 5 heteroatoms. The maximum absolute atomic E-state index is 6.18. The van der Waals surface area contributed by atoms with Crippen LogP contribution in [0.4, 0.5) is 0 Å². The first kappa shape index (κ1) is 18.7. The van der Waals surface area contributed by atoms with E-state index in [2.05, 4.69) is 27.8 Å². The Balaban J connectivity index is 1.66. The molecule has 1 aliphatic rings. The second-order valence-electron chi connectivity index (χ2n) is 6.50. The third kappa shape index (κ3) is 4.75. The van der Waals surface area contributed by atoms with Crippen molar-refractivity contribution in [1.82, 2.24) is 4.90 Å². The molecule has 0 aliphatic carbocycles. The van der Waals surface area contributed by atoms with Crippen molar-refractivity contribution in [2.75, 3.05) is 13.1 Å². The zero-order valence-corrected chi connectivity index (χ0v) is 17.3. The number of thiocarbonyl (C=S) groups is 1. The van der Waals surface area contributed by atoms with Crippen molar-refractivity contribution >= 4 is 44.7 Å². The normalized spacial score (nSPS) is 15.2. The minimum Gasteiger partial charge on any atom is -0.488 e. The third-order valence-corrected chi connectivity index (χ3v) is 6.07. The van der Waals surface area contributed by atoms with Crippen LogP contribution in [0.25, 0.3) is 0 Å². The van der Waals surface area contributed by atoms with E-state index in [1.165, 1.54) is 12.8 Å². The van der Waals surface area contributed by atoms with Gasteiger partial charge < -0.3 is 9.64 Å². The maximum Gasteiger partial charge on any atom is 0.134 e. The van der Waals surface area contributed by atoms with Crippen molar-refractivity contribution in [2.24, 2.45) is 5.92 Å². The molecular formula is C20H21BrClNOS. The molecule has 1 saturated heterocycles. The zero-order chi connectivity index (χ0) is 17.8. The molecule has 2 nitrogen and oxygen atoms in total. The lowest BCUT2D eigenvalue weighted by Crippen LogP contribution is -2.37. The molecule has 3 rings (SSSR count). The summed E-state index contributed by atoms with van der Waals surface area (Å²) in [6, 6.07) is 13.8. The first-order valence-electron chi connectivity index (χ1n) is 8.49. The highest BCUT2D eigenvalue weighted by molar-refractivity contribution is 9.10. The number of likely N-dealkylation sites (tertiary alicyclic amines) is 1. The van der Waals surface area contributed by atoms with Gasteiger partial charge in [0.25, 0.3) is 0 Å². The fraction of sp³-hybridized carbons (Fsp3) is 0.350. The number of piperidine rings is 1. The smallest absolute Gasteiger partial charge is 0.134 e. The molecule has 0 N–H and O–H groups in total. The van der Waals surface area contributed by atoms with Gasteiger partial charge in [-0.25, -0.2) is 0 Å². The molecule has 132 valence electrons. The van der Waals surface area contributed by atoms with E-state index in [1.807, 2.05) is 42.5 Å². The standard InChI is InChI=1S/C20H21BrClNOS/c1-14-8-10-23(11-9-14)20(25)15-6-7-19(17(21)12-15)24-13-16-4-2-3-5-18(16)22/h2-7,12,14H,8-11,13H2,1H3. The van der Waals surface area contributed by atoms with E-state index in [9.17, 15) is 0 Å². The van der Waals surface area contributed by atoms with Gasteiger partial charge in [0.2, 0.25) is 0 Å². The van der Waals surface area contributed by atoms with Gasteiger partial charge in [0, 0.05) is 29.2 Å². The van der Waals surface area contributed by atoms with Crippen LogP contribution >= 0.6 is 39.7 Å². The van der Waals surface area contributed by atoms with E-state index in [-0.39, 0.29) is 0 Å². The predicted molar refractivity (Wildman–Crippen MR) is 112 cm³/mol. The minimum absolute atomic E-state index is 0.437. The maximum atomic E-state index is 6.18. The monoisotopic (exact) mass is 437 g/mol. The van der Waals surface area contributed by atoms with Crippen molar-refractivity contribution < 1.29 is 4.74 Å². The number of nitrogens with zero attached hydrogens (tertiary/aromatic N) is 1. The Hall–Kier alpha value is -1.10. The number of hydrogen-bond acceptors (Lipinski definition) is 2. The van der Waals surface area contributed by atoms with Crippen LogP contribution < -0.4 is 4.74 Å². The summed E-state index contributed by atoms with van der Waals surface area (Å²) < 4.78 is 6.82. The highest BCUT2D eigenvalue weighted by Crippen LogP contribution is 2.29. The summed E-state index contributed by atoms with van der Waals surface area (Å²) in [5, 5.41) is 0.718. The summed E-state index contributed by atoms with van der Waals surface area (Å²) in [7, 11) is 0. The van der Waals surface area contributed by atoms with Gasteiger partial charge >= 0.3 is 0 Å². The molecule has 0 saturated carbocycles. The third-order valence-electron chi connectivity index (χ3n) is 4.59. The Kier molecular flexibility index (Phi) is 6.37. The van der Waals surface area contributed by atoms with Crippen LogP contribution in [0.2, 0.25) is 5.02 Å². The second-order valence-corrected chi connectivity index (χ2v) is 8.15. The lowest BCUT2D eigenvalue weighted by atomic mass is 9.99. The molecule has 0 bridgehead atoms. The Morgan fingerprint density at radius 3 is 2.64 bits per heavy atom. The van der Waals surface area contributed by atoms with E-state index in [0.29, 0.717) is 6.61 Å². The molecule has 0 spiro atoms. The SMILES string of the molecule is CC1CCN(C(=S)c2ccc(OCc3ccccc3Cl)c(Br)c2)CC1. The molecule has 1 fully saturated rings. The summed E-state index contributed by atoms with van der Waals surface area (Å²) in [6.07, 6.45) is 2.42. The molecule has 0 aromatic heterocycles. The number of benzene rings is 2. The van der Waals surface area contributed by atoms with Crippen LogP contribution in [0.5, 0.6) is 5.75 Å². The fourth-order valence-corrected chi connectivity index (χ4v) is 3.91. The Morgan fingerprint density at radius 1 is 1.24 bits per heavy atom. The van der Waals surface area contributed by atoms with Crippen LogP contribution in [0.15, 0.2) is 46.9 Å². The Bertz CT molecular complexity index is 759. The fourth-order valence-electron chi connectivity index (χ4n) is 2.92. The molecule has 1 heterocycles. The zero-order valence-electron chi connectivity index (χ0n) is 14.2. The molecule has 0 radical (unpaired) electrons. The second kappa shape index (κ2) is 8.52. The molecule has 25 heavy (non-hydrogen) atoms. The summed E-state index contributed by atoms with van der Waals surface area (Å²) in [4.78, 5) is 3.23. The van der Waals surface area contributed by atoms with Crippen molar-refractivity contribution in [2.45, 2.75) is 26.4 Å². The first-order valence-corrected chi connectivity index (χ1v) is 10.1. The Morgan fingerprint density at radius 2 is 1.96 bits per heavy atom. The summed E-state index contributed by atoms with van der Waals surface area (Å²) >= 11 is 15.5. The lowest BCUT2D eigenvalue weighted by molar-refractivity contribution is 0.284.